The SMILES string of the molecule is OCc1ccnc(Nc2ccc3c(c2)OCCO3)n1. The van der Waals surface area contributed by atoms with Gasteiger partial charge < -0.3 is 19.9 Å². The summed E-state index contributed by atoms with van der Waals surface area (Å²) in [5, 5.41) is 12.1. The molecule has 0 atom stereocenters. The van der Waals surface area contributed by atoms with E-state index in [9.17, 15) is 0 Å². The Morgan fingerprint density at radius 2 is 2.00 bits per heavy atom. The molecule has 98 valence electrons. The van der Waals surface area contributed by atoms with Gasteiger partial charge >= 0.3 is 0 Å². The summed E-state index contributed by atoms with van der Waals surface area (Å²) in [6, 6.07) is 7.20. The minimum atomic E-state index is -0.113. The number of aliphatic hydroxyl groups is 1. The predicted octanol–water partition coefficient (Wildman–Crippen LogP) is 1.48. The molecule has 1 aliphatic heterocycles. The molecule has 1 aromatic heterocycles. The fraction of sp³-hybridized carbons (Fsp3) is 0.231. The quantitative estimate of drug-likeness (QED) is 0.869. The predicted molar refractivity (Wildman–Crippen MR) is 68.7 cm³/mol. The lowest BCUT2D eigenvalue weighted by Gasteiger charge is -2.19. The van der Waals surface area contributed by atoms with Gasteiger partial charge in [-0.2, -0.15) is 0 Å². The van der Waals surface area contributed by atoms with E-state index in [4.69, 9.17) is 14.6 Å². The molecule has 0 aliphatic carbocycles. The van der Waals surface area contributed by atoms with Gasteiger partial charge in [0.15, 0.2) is 11.5 Å². The molecule has 0 radical (unpaired) electrons. The number of rotatable bonds is 3. The normalized spacial score (nSPS) is 13.1. The molecule has 19 heavy (non-hydrogen) atoms. The van der Waals surface area contributed by atoms with Gasteiger partial charge in [-0.15, -0.1) is 0 Å². The maximum atomic E-state index is 9.03. The summed E-state index contributed by atoms with van der Waals surface area (Å²) in [4.78, 5) is 8.24. The van der Waals surface area contributed by atoms with Crippen molar-refractivity contribution in [3.63, 3.8) is 0 Å². The number of hydrogen-bond acceptors (Lipinski definition) is 6. The van der Waals surface area contributed by atoms with Crippen LogP contribution in [-0.2, 0) is 6.61 Å². The Bertz CT molecular complexity index is 589. The second-order valence-electron chi connectivity index (χ2n) is 4.01. The van der Waals surface area contributed by atoms with Crippen molar-refractivity contribution in [3.05, 3.63) is 36.2 Å². The van der Waals surface area contributed by atoms with Crippen LogP contribution in [0, 0.1) is 0 Å². The fourth-order valence-electron chi connectivity index (χ4n) is 1.79. The first kappa shape index (κ1) is 11.7. The van der Waals surface area contributed by atoms with Crippen LogP contribution in [-0.4, -0.2) is 28.3 Å². The van der Waals surface area contributed by atoms with E-state index >= 15 is 0 Å². The van der Waals surface area contributed by atoms with Gasteiger partial charge in [0.2, 0.25) is 5.95 Å². The number of nitrogens with zero attached hydrogens (tertiary/aromatic N) is 2. The lowest BCUT2D eigenvalue weighted by Crippen LogP contribution is -2.15. The van der Waals surface area contributed by atoms with Crippen molar-refractivity contribution in [2.45, 2.75) is 6.61 Å². The first-order chi connectivity index (χ1) is 9.35. The first-order valence-electron chi connectivity index (χ1n) is 5.94. The maximum Gasteiger partial charge on any atom is 0.227 e. The number of hydrogen-bond donors (Lipinski definition) is 2. The average Bonchev–Trinajstić information content (AvgIpc) is 2.47. The summed E-state index contributed by atoms with van der Waals surface area (Å²) in [6.07, 6.45) is 1.60. The molecule has 2 heterocycles. The second-order valence-corrected chi connectivity index (χ2v) is 4.01. The van der Waals surface area contributed by atoms with Crippen molar-refractivity contribution < 1.29 is 14.6 Å². The lowest BCUT2D eigenvalue weighted by atomic mass is 10.2. The van der Waals surface area contributed by atoms with Crippen LogP contribution in [0.3, 0.4) is 0 Å². The summed E-state index contributed by atoms with van der Waals surface area (Å²) in [5.41, 5.74) is 1.37. The zero-order valence-corrected chi connectivity index (χ0v) is 10.2. The highest BCUT2D eigenvalue weighted by Gasteiger charge is 2.12. The molecule has 1 aliphatic rings. The summed E-state index contributed by atoms with van der Waals surface area (Å²) >= 11 is 0. The Morgan fingerprint density at radius 1 is 1.16 bits per heavy atom. The highest BCUT2D eigenvalue weighted by atomic mass is 16.6. The van der Waals surface area contributed by atoms with Gasteiger partial charge in [0.05, 0.1) is 12.3 Å². The lowest BCUT2D eigenvalue weighted by molar-refractivity contribution is 0.171. The first-order valence-corrected chi connectivity index (χ1v) is 5.94. The van der Waals surface area contributed by atoms with Gasteiger partial charge in [-0.1, -0.05) is 0 Å². The van der Waals surface area contributed by atoms with Crippen LogP contribution in [0.1, 0.15) is 5.69 Å². The molecule has 0 fully saturated rings. The molecular weight excluding hydrogens is 246 g/mol. The van der Waals surface area contributed by atoms with Crippen LogP contribution >= 0.6 is 0 Å². The van der Waals surface area contributed by atoms with Crippen LogP contribution in [0.2, 0.25) is 0 Å². The molecule has 3 rings (SSSR count). The van der Waals surface area contributed by atoms with Gasteiger partial charge in [0, 0.05) is 18.0 Å². The standard InChI is InChI=1S/C13H13N3O3/c17-8-10-3-4-14-13(16-10)15-9-1-2-11-12(7-9)19-6-5-18-11/h1-4,7,17H,5-6,8H2,(H,14,15,16). The third kappa shape index (κ3) is 2.58. The Hall–Kier alpha value is -2.34. The molecule has 0 saturated carbocycles. The Balaban J connectivity index is 1.82. The zero-order chi connectivity index (χ0) is 13.1. The average molecular weight is 259 g/mol. The molecule has 0 spiro atoms. The van der Waals surface area contributed by atoms with Crippen molar-refractivity contribution in [2.24, 2.45) is 0 Å². The number of benzene rings is 1. The smallest absolute Gasteiger partial charge is 0.227 e. The molecule has 0 unspecified atom stereocenters. The van der Waals surface area contributed by atoms with Gasteiger partial charge in [-0.25, -0.2) is 9.97 Å². The number of anilines is 2. The molecule has 2 N–H and O–H groups in total. The van der Waals surface area contributed by atoms with E-state index in [1.54, 1.807) is 12.3 Å². The van der Waals surface area contributed by atoms with E-state index in [0.717, 1.165) is 11.4 Å². The minimum absolute atomic E-state index is 0.113. The molecule has 6 nitrogen and oxygen atoms in total. The van der Waals surface area contributed by atoms with Gasteiger partial charge in [-0.05, 0) is 18.2 Å². The van der Waals surface area contributed by atoms with Crippen molar-refractivity contribution in [2.75, 3.05) is 18.5 Å². The van der Waals surface area contributed by atoms with Crippen molar-refractivity contribution in [1.82, 2.24) is 9.97 Å². The monoisotopic (exact) mass is 259 g/mol. The molecule has 1 aromatic carbocycles. The highest BCUT2D eigenvalue weighted by Crippen LogP contribution is 2.33. The highest BCUT2D eigenvalue weighted by molar-refractivity contribution is 5.60. The largest absolute Gasteiger partial charge is 0.486 e. The summed E-state index contributed by atoms with van der Waals surface area (Å²) in [5.74, 6) is 1.87. The van der Waals surface area contributed by atoms with Crippen LogP contribution in [0.15, 0.2) is 30.5 Å². The number of ether oxygens (including phenoxy) is 2. The van der Waals surface area contributed by atoms with Gasteiger partial charge in [0.1, 0.15) is 13.2 Å². The van der Waals surface area contributed by atoms with E-state index in [-0.39, 0.29) is 6.61 Å². The summed E-state index contributed by atoms with van der Waals surface area (Å²) in [6.45, 7) is 1.01. The fourth-order valence-corrected chi connectivity index (χ4v) is 1.79. The number of nitrogens with one attached hydrogen (secondary N) is 1. The maximum absolute atomic E-state index is 9.03. The topological polar surface area (TPSA) is 76.5 Å². The van der Waals surface area contributed by atoms with E-state index in [1.807, 2.05) is 18.2 Å². The molecular formula is C13H13N3O3. The third-order valence-electron chi connectivity index (χ3n) is 2.67. The molecule has 0 bridgehead atoms. The van der Waals surface area contributed by atoms with E-state index in [0.29, 0.717) is 30.6 Å². The Kier molecular flexibility index (Phi) is 3.16. The van der Waals surface area contributed by atoms with Crippen molar-refractivity contribution in [1.29, 1.82) is 0 Å². The van der Waals surface area contributed by atoms with Gasteiger partial charge in [0.25, 0.3) is 0 Å². The van der Waals surface area contributed by atoms with E-state index in [1.165, 1.54) is 0 Å². The molecule has 0 saturated heterocycles. The number of fused-ring (bicyclic) bond motifs is 1. The van der Waals surface area contributed by atoms with Gasteiger partial charge in [-0.3, -0.25) is 0 Å². The minimum Gasteiger partial charge on any atom is -0.486 e. The van der Waals surface area contributed by atoms with E-state index < -0.39 is 0 Å². The Labute approximate surface area is 110 Å². The van der Waals surface area contributed by atoms with Crippen molar-refractivity contribution in [3.8, 4) is 11.5 Å². The zero-order valence-electron chi connectivity index (χ0n) is 10.2. The third-order valence-corrected chi connectivity index (χ3v) is 2.67. The van der Waals surface area contributed by atoms with Crippen molar-refractivity contribution >= 4 is 11.6 Å². The van der Waals surface area contributed by atoms with E-state index in [2.05, 4.69) is 15.3 Å². The van der Waals surface area contributed by atoms with Crippen LogP contribution in [0.4, 0.5) is 11.6 Å². The summed E-state index contributed by atoms with van der Waals surface area (Å²) < 4.78 is 10.9. The molecule has 2 aromatic rings. The molecule has 0 amide bonds. The number of aliphatic hydroxyl groups excluding tert-OH is 1. The van der Waals surface area contributed by atoms with Crippen LogP contribution in [0.25, 0.3) is 0 Å². The number of aromatic nitrogens is 2. The van der Waals surface area contributed by atoms with Crippen LogP contribution in [0.5, 0.6) is 11.5 Å². The second kappa shape index (κ2) is 5.11. The Morgan fingerprint density at radius 3 is 2.84 bits per heavy atom. The molecule has 6 heteroatoms. The summed E-state index contributed by atoms with van der Waals surface area (Å²) in [7, 11) is 0. The van der Waals surface area contributed by atoms with Crippen LogP contribution < -0.4 is 14.8 Å².